The Bertz CT molecular complexity index is 540. The largest absolute Gasteiger partial charge is 0.373 e. The molecule has 0 saturated carbocycles. The van der Waals surface area contributed by atoms with Crippen molar-refractivity contribution in [2.75, 3.05) is 12.4 Å². The monoisotopic (exact) mass is 305 g/mol. The minimum atomic E-state index is 0.914. The molecule has 4 heteroatoms. The van der Waals surface area contributed by atoms with Crippen LogP contribution in [0, 0.1) is 0 Å². The molecular weight excluding hydrogens is 290 g/mol. The highest BCUT2D eigenvalue weighted by molar-refractivity contribution is 9.10. The van der Waals surface area contributed by atoms with E-state index in [1.165, 1.54) is 5.56 Å². The van der Waals surface area contributed by atoms with Crippen molar-refractivity contribution in [3.8, 4) is 11.3 Å². The van der Waals surface area contributed by atoms with Gasteiger partial charge < -0.3 is 5.32 Å². The molecule has 0 atom stereocenters. The average Bonchev–Trinajstić information content (AvgIpc) is 2.40. The molecule has 0 saturated heterocycles. The van der Waals surface area contributed by atoms with Gasteiger partial charge in [0.1, 0.15) is 12.1 Å². The molecule has 1 aromatic heterocycles. The summed E-state index contributed by atoms with van der Waals surface area (Å²) in [5.41, 5.74) is 3.29. The molecule has 0 spiro atoms. The molecule has 2 rings (SSSR count). The van der Waals surface area contributed by atoms with Crippen molar-refractivity contribution < 1.29 is 0 Å². The fourth-order valence-corrected chi connectivity index (χ4v) is 2.47. The fourth-order valence-electron chi connectivity index (χ4n) is 2.00. The third kappa shape index (κ3) is 2.53. The predicted octanol–water partition coefficient (Wildman–Crippen LogP) is 3.90. The van der Waals surface area contributed by atoms with Crippen LogP contribution in [0.15, 0.2) is 35.1 Å². The van der Waals surface area contributed by atoms with E-state index >= 15 is 0 Å². The number of rotatable bonds is 4. The quantitative estimate of drug-likeness (QED) is 0.931. The van der Waals surface area contributed by atoms with E-state index in [0.29, 0.717) is 0 Å². The molecule has 0 bridgehead atoms. The lowest BCUT2D eigenvalue weighted by atomic mass is 10.0. The van der Waals surface area contributed by atoms with Crippen molar-refractivity contribution in [3.63, 3.8) is 0 Å². The minimum Gasteiger partial charge on any atom is -0.373 e. The number of nitrogens with one attached hydrogen (secondary N) is 1. The van der Waals surface area contributed by atoms with Crippen LogP contribution in [0.3, 0.4) is 0 Å². The highest BCUT2D eigenvalue weighted by Crippen LogP contribution is 2.31. The molecule has 94 valence electrons. The molecule has 0 fully saturated rings. The Morgan fingerprint density at radius 3 is 2.67 bits per heavy atom. The van der Waals surface area contributed by atoms with Crippen molar-refractivity contribution in [3.05, 3.63) is 40.6 Å². The first kappa shape index (κ1) is 13.0. The van der Waals surface area contributed by atoms with Crippen molar-refractivity contribution >= 4 is 21.7 Å². The van der Waals surface area contributed by atoms with Gasteiger partial charge in [-0.1, -0.05) is 47.5 Å². The third-order valence-corrected chi connectivity index (χ3v) is 3.50. The van der Waals surface area contributed by atoms with Gasteiger partial charge in [0.2, 0.25) is 0 Å². The summed E-state index contributed by atoms with van der Waals surface area (Å²) < 4.78 is 1.06. The van der Waals surface area contributed by atoms with Crippen LogP contribution in [0.25, 0.3) is 11.3 Å². The zero-order valence-corrected chi connectivity index (χ0v) is 12.2. The van der Waals surface area contributed by atoms with Crippen molar-refractivity contribution in [2.24, 2.45) is 0 Å². The van der Waals surface area contributed by atoms with Crippen molar-refractivity contribution in [2.45, 2.75) is 19.8 Å². The molecule has 0 aliphatic heterocycles. The molecule has 0 unspecified atom stereocenters. The molecule has 0 radical (unpaired) electrons. The Hall–Kier alpha value is -1.42. The van der Waals surface area contributed by atoms with E-state index in [4.69, 9.17) is 0 Å². The van der Waals surface area contributed by atoms with Gasteiger partial charge in [-0.15, -0.1) is 0 Å². The Morgan fingerprint density at radius 2 is 2.00 bits per heavy atom. The van der Waals surface area contributed by atoms with Crippen LogP contribution >= 0.6 is 15.9 Å². The second kappa shape index (κ2) is 5.96. The second-order valence-corrected chi connectivity index (χ2v) is 4.88. The summed E-state index contributed by atoms with van der Waals surface area (Å²) >= 11 is 3.58. The van der Waals surface area contributed by atoms with Crippen LogP contribution < -0.4 is 5.32 Å². The molecule has 18 heavy (non-hydrogen) atoms. The normalized spacial score (nSPS) is 10.4. The van der Waals surface area contributed by atoms with Gasteiger partial charge in [-0.05, 0) is 12.5 Å². The van der Waals surface area contributed by atoms with Gasteiger partial charge in [0, 0.05) is 22.6 Å². The number of nitrogens with zero attached hydrogens (tertiary/aromatic N) is 2. The molecule has 0 aliphatic rings. The van der Waals surface area contributed by atoms with Crippen LogP contribution in [-0.4, -0.2) is 17.0 Å². The summed E-state index contributed by atoms with van der Waals surface area (Å²) in [5.74, 6) is 0.914. The van der Waals surface area contributed by atoms with Gasteiger partial charge in [0.15, 0.2) is 0 Å². The van der Waals surface area contributed by atoms with Gasteiger partial charge in [-0.25, -0.2) is 9.97 Å². The topological polar surface area (TPSA) is 37.8 Å². The zero-order valence-electron chi connectivity index (χ0n) is 10.6. The first-order valence-electron chi connectivity index (χ1n) is 6.04. The summed E-state index contributed by atoms with van der Waals surface area (Å²) in [6.45, 7) is 2.16. The molecule has 1 aromatic carbocycles. The molecule has 1 heterocycles. The lowest BCUT2D eigenvalue weighted by Gasteiger charge is -2.13. The second-order valence-electron chi connectivity index (χ2n) is 4.03. The van der Waals surface area contributed by atoms with Crippen LogP contribution in [0.1, 0.15) is 18.9 Å². The van der Waals surface area contributed by atoms with Crippen LogP contribution in [-0.2, 0) is 6.42 Å². The summed E-state index contributed by atoms with van der Waals surface area (Å²) in [6.07, 6.45) is 3.65. The minimum absolute atomic E-state index is 0.914. The zero-order chi connectivity index (χ0) is 13.0. The van der Waals surface area contributed by atoms with Gasteiger partial charge in [0.05, 0.1) is 5.69 Å². The number of anilines is 1. The van der Waals surface area contributed by atoms with E-state index in [1.54, 1.807) is 6.33 Å². The van der Waals surface area contributed by atoms with Crippen molar-refractivity contribution in [1.29, 1.82) is 0 Å². The molecule has 0 amide bonds. The van der Waals surface area contributed by atoms with Crippen LogP contribution in [0.5, 0.6) is 0 Å². The maximum atomic E-state index is 4.46. The van der Waals surface area contributed by atoms with E-state index in [-0.39, 0.29) is 0 Å². The van der Waals surface area contributed by atoms with E-state index in [2.05, 4.69) is 44.2 Å². The lowest BCUT2D eigenvalue weighted by molar-refractivity contribution is 0.905. The van der Waals surface area contributed by atoms with Gasteiger partial charge in [0.25, 0.3) is 0 Å². The summed E-state index contributed by atoms with van der Waals surface area (Å²) in [7, 11) is 1.89. The first-order chi connectivity index (χ1) is 8.77. The predicted molar refractivity (Wildman–Crippen MR) is 78.7 cm³/mol. The van der Waals surface area contributed by atoms with E-state index in [1.807, 2.05) is 25.2 Å². The molecule has 0 aliphatic carbocycles. The number of benzene rings is 1. The summed E-state index contributed by atoms with van der Waals surface area (Å²) in [6, 6.07) is 8.14. The Balaban J connectivity index is 2.60. The third-order valence-electron chi connectivity index (χ3n) is 2.81. The Kier molecular flexibility index (Phi) is 4.31. The van der Waals surface area contributed by atoms with E-state index in [0.717, 1.165) is 34.4 Å². The number of aromatic nitrogens is 2. The standard InChI is InChI=1S/C14H16BrN3/c1-3-6-11-13(17-9-18-14(11)16-2)10-7-4-5-8-12(10)15/h4-5,7-9H,3,6H2,1-2H3,(H,16,17,18). The number of halogens is 1. The molecule has 2 aromatic rings. The van der Waals surface area contributed by atoms with Crippen LogP contribution in [0.2, 0.25) is 0 Å². The average molecular weight is 306 g/mol. The van der Waals surface area contributed by atoms with E-state index in [9.17, 15) is 0 Å². The van der Waals surface area contributed by atoms with Gasteiger partial charge >= 0.3 is 0 Å². The molecule has 3 nitrogen and oxygen atoms in total. The number of hydrogen-bond donors (Lipinski definition) is 1. The van der Waals surface area contributed by atoms with Crippen LogP contribution in [0.4, 0.5) is 5.82 Å². The Labute approximate surface area is 116 Å². The van der Waals surface area contributed by atoms with Gasteiger partial charge in [-0.2, -0.15) is 0 Å². The number of hydrogen-bond acceptors (Lipinski definition) is 3. The fraction of sp³-hybridized carbons (Fsp3) is 0.286. The lowest BCUT2D eigenvalue weighted by Crippen LogP contribution is -2.03. The first-order valence-corrected chi connectivity index (χ1v) is 6.83. The van der Waals surface area contributed by atoms with Gasteiger partial charge in [-0.3, -0.25) is 0 Å². The smallest absolute Gasteiger partial charge is 0.132 e. The highest BCUT2D eigenvalue weighted by Gasteiger charge is 2.13. The molecular formula is C14H16BrN3. The molecule has 1 N–H and O–H groups in total. The maximum absolute atomic E-state index is 4.46. The van der Waals surface area contributed by atoms with Crippen molar-refractivity contribution in [1.82, 2.24) is 9.97 Å². The highest BCUT2D eigenvalue weighted by atomic mass is 79.9. The SMILES string of the molecule is CCCc1c(NC)ncnc1-c1ccccc1Br. The summed E-state index contributed by atoms with van der Waals surface area (Å²) in [5, 5.41) is 3.14. The Morgan fingerprint density at radius 1 is 1.22 bits per heavy atom. The maximum Gasteiger partial charge on any atom is 0.132 e. The van der Waals surface area contributed by atoms with E-state index < -0.39 is 0 Å². The summed E-state index contributed by atoms with van der Waals surface area (Å²) in [4.78, 5) is 8.75.